The number of halogens is 6. The first kappa shape index (κ1) is 32.5. The second kappa shape index (κ2) is 12.8. The first-order valence-corrected chi connectivity index (χ1v) is 12.9. The highest BCUT2D eigenvalue weighted by Crippen LogP contribution is 2.40. The summed E-state index contributed by atoms with van der Waals surface area (Å²) in [5.74, 6) is -4.74. The predicted octanol–water partition coefficient (Wildman–Crippen LogP) is 2.72. The summed E-state index contributed by atoms with van der Waals surface area (Å²) in [6.07, 6.45) is -6.55. The van der Waals surface area contributed by atoms with Crippen LogP contribution in [0.1, 0.15) is 29.2 Å². The average molecular weight is 624 g/mol. The number of carboxylic acids is 2. The topological polar surface area (TPSA) is 148 Å². The maximum atomic E-state index is 12.7. The van der Waals surface area contributed by atoms with E-state index in [9.17, 15) is 35.9 Å². The molecule has 3 aromatic heterocycles. The van der Waals surface area contributed by atoms with Crippen LogP contribution < -0.4 is 11.1 Å². The standard InChI is InChI=1S/C20H21N5O2S.2C2HF3O2/c26-17-18(27)25(13-16-5-3-11-28-16)22-19-20(7-10-24(17)19)6-9-23(14-20)12-15-4-1-2-8-21-15;2*3-2(4,5)1(6)7/h1-5,8,11H,6-7,9-10,12-14H2;2*(H,6,7). The summed E-state index contributed by atoms with van der Waals surface area (Å²) in [4.78, 5) is 50.8. The van der Waals surface area contributed by atoms with E-state index in [4.69, 9.17) is 24.9 Å². The van der Waals surface area contributed by atoms with E-state index >= 15 is 0 Å². The molecule has 1 unspecified atom stereocenters. The van der Waals surface area contributed by atoms with Crippen LogP contribution in [-0.4, -0.2) is 71.8 Å². The van der Waals surface area contributed by atoms with Gasteiger partial charge >= 0.3 is 35.4 Å². The fraction of sp³-hybridized carbons (Fsp3) is 0.417. The Bertz CT molecular complexity index is 1480. The van der Waals surface area contributed by atoms with E-state index in [0.717, 1.165) is 48.9 Å². The number of carbonyl (C=O) groups is 2. The van der Waals surface area contributed by atoms with Gasteiger partial charge in [0.2, 0.25) is 0 Å². The van der Waals surface area contributed by atoms with Gasteiger partial charge in [0.25, 0.3) is 0 Å². The number of alkyl halides is 6. The van der Waals surface area contributed by atoms with E-state index in [1.807, 2.05) is 41.9 Å². The van der Waals surface area contributed by atoms with Crippen LogP contribution in [0.3, 0.4) is 0 Å². The molecule has 2 N–H and O–H groups in total. The molecule has 18 heteroatoms. The normalized spacial score (nSPS) is 18.0. The Morgan fingerprint density at radius 1 is 0.905 bits per heavy atom. The van der Waals surface area contributed by atoms with Crippen molar-refractivity contribution in [2.45, 2.75) is 50.2 Å². The van der Waals surface area contributed by atoms with Crippen LogP contribution >= 0.6 is 11.3 Å². The van der Waals surface area contributed by atoms with Crippen molar-refractivity contribution >= 4 is 23.3 Å². The summed E-state index contributed by atoms with van der Waals surface area (Å²) < 4.78 is 66.4. The Morgan fingerprint density at radius 2 is 1.52 bits per heavy atom. The quantitative estimate of drug-likeness (QED) is 0.331. The summed E-state index contributed by atoms with van der Waals surface area (Å²) in [6, 6.07) is 9.87. The summed E-state index contributed by atoms with van der Waals surface area (Å²) in [6.45, 7) is 3.51. The number of thiophene rings is 1. The van der Waals surface area contributed by atoms with Gasteiger partial charge in [-0.2, -0.15) is 31.4 Å². The first-order valence-electron chi connectivity index (χ1n) is 12.0. The van der Waals surface area contributed by atoms with E-state index in [1.54, 1.807) is 15.9 Å². The van der Waals surface area contributed by atoms with Crippen molar-refractivity contribution in [2.24, 2.45) is 0 Å². The van der Waals surface area contributed by atoms with E-state index < -0.39 is 35.4 Å². The molecule has 0 radical (unpaired) electrons. The van der Waals surface area contributed by atoms with Crippen LogP contribution in [0, 0.1) is 0 Å². The number of aliphatic carboxylic acids is 2. The zero-order valence-corrected chi connectivity index (χ0v) is 22.2. The van der Waals surface area contributed by atoms with Crippen LogP contribution in [0.25, 0.3) is 0 Å². The Hall–Kier alpha value is -4.06. The van der Waals surface area contributed by atoms with Gasteiger partial charge in [0.05, 0.1) is 12.2 Å². The molecular weight excluding hydrogens is 600 g/mol. The number of hydrogen-bond donors (Lipinski definition) is 2. The molecule has 228 valence electrons. The van der Waals surface area contributed by atoms with E-state index in [1.165, 1.54) is 4.68 Å². The number of fused-ring (bicyclic) bond motifs is 2. The number of rotatable bonds is 4. The SMILES string of the molecule is O=C(O)C(F)(F)F.O=C(O)C(F)(F)F.O=c1c(=O)n2c(nn1Cc1cccs1)C1(CCN(Cc3ccccn3)C1)CC2. The second-order valence-electron chi connectivity index (χ2n) is 9.24. The van der Waals surface area contributed by atoms with Gasteiger partial charge in [-0.25, -0.2) is 14.3 Å². The molecule has 2 aliphatic rings. The third kappa shape index (κ3) is 8.03. The number of aromatic nitrogens is 4. The maximum Gasteiger partial charge on any atom is 0.490 e. The fourth-order valence-corrected chi connectivity index (χ4v) is 5.12. The molecule has 5 rings (SSSR count). The Labute approximate surface area is 236 Å². The predicted molar refractivity (Wildman–Crippen MR) is 134 cm³/mol. The number of hydrogen-bond acceptors (Lipinski definition) is 8. The van der Waals surface area contributed by atoms with E-state index in [2.05, 4.69) is 9.88 Å². The lowest BCUT2D eigenvalue weighted by molar-refractivity contribution is -0.193. The lowest BCUT2D eigenvalue weighted by Crippen LogP contribution is -2.45. The van der Waals surface area contributed by atoms with Crippen molar-refractivity contribution in [1.82, 2.24) is 24.2 Å². The van der Waals surface area contributed by atoms with Crippen LogP contribution in [0.5, 0.6) is 0 Å². The minimum atomic E-state index is -5.08. The molecule has 0 amide bonds. The third-order valence-corrected chi connectivity index (χ3v) is 7.20. The van der Waals surface area contributed by atoms with Crippen molar-refractivity contribution in [2.75, 3.05) is 13.1 Å². The fourth-order valence-electron chi connectivity index (χ4n) is 4.43. The van der Waals surface area contributed by atoms with Gasteiger partial charge < -0.3 is 10.2 Å². The van der Waals surface area contributed by atoms with Crippen molar-refractivity contribution in [3.05, 3.63) is 79.0 Å². The zero-order valence-electron chi connectivity index (χ0n) is 21.4. The summed E-state index contributed by atoms with van der Waals surface area (Å²) >= 11 is 1.57. The van der Waals surface area contributed by atoms with Gasteiger partial charge in [0.1, 0.15) is 5.82 Å². The number of carboxylic acid groups (broad SMARTS) is 2. The lowest BCUT2D eigenvalue weighted by Gasteiger charge is -2.23. The molecule has 0 aromatic carbocycles. The van der Waals surface area contributed by atoms with Crippen LogP contribution in [0.2, 0.25) is 0 Å². The molecule has 1 fully saturated rings. The molecule has 2 aliphatic heterocycles. The van der Waals surface area contributed by atoms with Crippen LogP contribution in [0.4, 0.5) is 26.3 Å². The third-order valence-electron chi connectivity index (χ3n) is 6.34. The largest absolute Gasteiger partial charge is 0.490 e. The van der Waals surface area contributed by atoms with Crippen molar-refractivity contribution in [1.29, 1.82) is 0 Å². The van der Waals surface area contributed by atoms with Gasteiger partial charge in [-0.15, -0.1) is 11.3 Å². The van der Waals surface area contributed by atoms with Crippen molar-refractivity contribution in [3.63, 3.8) is 0 Å². The zero-order chi connectivity index (χ0) is 31.3. The highest BCUT2D eigenvalue weighted by molar-refractivity contribution is 7.09. The summed E-state index contributed by atoms with van der Waals surface area (Å²) in [5, 5.41) is 20.9. The van der Waals surface area contributed by atoms with Crippen molar-refractivity contribution in [3.8, 4) is 0 Å². The Morgan fingerprint density at radius 3 is 2.05 bits per heavy atom. The highest BCUT2D eigenvalue weighted by atomic mass is 32.1. The van der Waals surface area contributed by atoms with Gasteiger partial charge in [-0.3, -0.25) is 24.0 Å². The second-order valence-corrected chi connectivity index (χ2v) is 10.3. The van der Waals surface area contributed by atoms with Gasteiger partial charge in [-0.1, -0.05) is 12.1 Å². The van der Waals surface area contributed by atoms with Crippen LogP contribution in [0.15, 0.2) is 51.5 Å². The summed E-state index contributed by atoms with van der Waals surface area (Å²) in [7, 11) is 0. The molecule has 1 atom stereocenters. The number of nitrogens with zero attached hydrogens (tertiary/aromatic N) is 5. The van der Waals surface area contributed by atoms with E-state index in [-0.39, 0.29) is 5.41 Å². The van der Waals surface area contributed by atoms with Gasteiger partial charge in [0, 0.05) is 36.1 Å². The molecule has 11 nitrogen and oxygen atoms in total. The number of pyridine rings is 1. The molecule has 0 aliphatic carbocycles. The molecule has 1 saturated heterocycles. The molecule has 1 spiro atoms. The van der Waals surface area contributed by atoms with E-state index in [0.29, 0.717) is 13.1 Å². The molecule has 0 bridgehead atoms. The smallest absolute Gasteiger partial charge is 0.475 e. The maximum absolute atomic E-state index is 12.7. The minimum absolute atomic E-state index is 0.154. The number of likely N-dealkylation sites (tertiary alicyclic amines) is 1. The van der Waals surface area contributed by atoms with Gasteiger partial charge in [0.15, 0.2) is 0 Å². The first-order chi connectivity index (χ1) is 19.5. The van der Waals surface area contributed by atoms with Gasteiger partial charge in [-0.05, 0) is 43.0 Å². The monoisotopic (exact) mass is 623 g/mol. The minimum Gasteiger partial charge on any atom is -0.475 e. The highest BCUT2D eigenvalue weighted by Gasteiger charge is 2.47. The summed E-state index contributed by atoms with van der Waals surface area (Å²) in [5.41, 5.74) is -0.0801. The Kier molecular flexibility index (Phi) is 9.93. The Balaban J connectivity index is 0.000000289. The molecular formula is C24H23F6N5O6S. The molecule has 3 aromatic rings. The van der Waals surface area contributed by atoms with Crippen LogP contribution in [-0.2, 0) is 34.6 Å². The molecule has 42 heavy (non-hydrogen) atoms. The lowest BCUT2D eigenvalue weighted by atomic mass is 9.85. The average Bonchev–Trinajstić information content (AvgIpc) is 3.65. The van der Waals surface area contributed by atoms with Crippen molar-refractivity contribution < 1.29 is 46.1 Å². The molecule has 5 heterocycles. The molecule has 0 saturated carbocycles.